The maximum absolute atomic E-state index is 11.2. The van der Waals surface area contributed by atoms with E-state index in [0.717, 1.165) is 43.4 Å². The first-order valence-electron chi connectivity index (χ1n) is 7.46. The summed E-state index contributed by atoms with van der Waals surface area (Å²) in [5, 5.41) is 9.23. The summed E-state index contributed by atoms with van der Waals surface area (Å²) in [6.07, 6.45) is 2.19. The van der Waals surface area contributed by atoms with Gasteiger partial charge < -0.3 is 5.11 Å². The largest absolute Gasteiger partial charge is 0.481 e. The lowest BCUT2D eigenvalue weighted by Gasteiger charge is -2.05. The van der Waals surface area contributed by atoms with Crippen LogP contribution in [-0.4, -0.2) is 11.1 Å². The van der Waals surface area contributed by atoms with E-state index >= 15 is 0 Å². The maximum Gasteiger partial charge on any atom is 0.307 e. The molecule has 116 valence electrons. The first-order chi connectivity index (χ1) is 11.0. The summed E-state index contributed by atoms with van der Waals surface area (Å²) in [5.74, 6) is -0.795. The average molecular weight is 369 g/mol. The fourth-order valence-corrected chi connectivity index (χ4v) is 3.26. The highest BCUT2D eigenvalue weighted by atomic mass is 79.9. The molecule has 0 saturated heterocycles. The minimum Gasteiger partial charge on any atom is -0.481 e. The van der Waals surface area contributed by atoms with Crippen molar-refractivity contribution in [2.75, 3.05) is 0 Å². The highest BCUT2D eigenvalue weighted by molar-refractivity contribution is 9.10. The van der Waals surface area contributed by atoms with Gasteiger partial charge in [0, 0.05) is 4.47 Å². The van der Waals surface area contributed by atoms with Crippen molar-refractivity contribution >= 4 is 39.1 Å². The molecule has 1 aliphatic rings. The molecule has 0 heterocycles. The lowest BCUT2D eigenvalue weighted by atomic mass is 9.99. The van der Waals surface area contributed by atoms with Crippen LogP contribution in [0.3, 0.4) is 0 Å². The van der Waals surface area contributed by atoms with Gasteiger partial charge in [0.2, 0.25) is 0 Å². The monoisotopic (exact) mass is 368 g/mol. The van der Waals surface area contributed by atoms with Crippen LogP contribution in [-0.2, 0) is 4.79 Å². The van der Waals surface area contributed by atoms with Crippen molar-refractivity contribution in [1.82, 2.24) is 0 Å². The smallest absolute Gasteiger partial charge is 0.307 e. The minimum absolute atomic E-state index is 0.0555. The predicted octanol–water partition coefficient (Wildman–Crippen LogP) is 5.56. The Hall–Kier alpha value is -2.13. The van der Waals surface area contributed by atoms with Crippen LogP contribution in [0.15, 0.2) is 52.5 Å². The third kappa shape index (κ3) is 3.15. The summed E-state index contributed by atoms with van der Waals surface area (Å²) in [6, 6.07) is 14.4. The number of aliphatic carboxylic acids is 1. The summed E-state index contributed by atoms with van der Waals surface area (Å²) in [6.45, 7) is 4.04. The number of rotatable bonds is 3. The number of halogens is 1. The van der Waals surface area contributed by atoms with Crippen LogP contribution < -0.4 is 0 Å². The van der Waals surface area contributed by atoms with Crippen LogP contribution in [0.2, 0.25) is 0 Å². The van der Waals surface area contributed by atoms with Crippen LogP contribution in [0.25, 0.3) is 17.2 Å². The van der Waals surface area contributed by atoms with Crippen molar-refractivity contribution in [3.63, 3.8) is 0 Å². The SMILES string of the molecule is CC1=C(CC(=O)O)c2cc(C)ccc2/C1=C\c1ccc(Br)cc1. The summed E-state index contributed by atoms with van der Waals surface area (Å²) < 4.78 is 1.04. The number of allylic oxidation sites excluding steroid dienone is 2. The molecule has 0 radical (unpaired) electrons. The number of hydrogen-bond acceptors (Lipinski definition) is 1. The molecular formula is C20H17BrO2. The molecule has 1 aliphatic carbocycles. The van der Waals surface area contributed by atoms with E-state index in [9.17, 15) is 9.90 Å². The number of benzene rings is 2. The van der Waals surface area contributed by atoms with E-state index in [1.165, 1.54) is 0 Å². The van der Waals surface area contributed by atoms with Gasteiger partial charge in [-0.25, -0.2) is 0 Å². The second kappa shape index (κ2) is 6.17. The molecule has 3 rings (SSSR count). The Balaban J connectivity index is 2.15. The molecule has 0 fully saturated rings. The van der Waals surface area contributed by atoms with E-state index in [4.69, 9.17) is 0 Å². The Morgan fingerprint density at radius 1 is 1.09 bits per heavy atom. The molecule has 23 heavy (non-hydrogen) atoms. The number of carboxylic acid groups (broad SMARTS) is 1. The third-order valence-corrected chi connectivity index (χ3v) is 4.68. The van der Waals surface area contributed by atoms with Crippen molar-refractivity contribution in [3.8, 4) is 0 Å². The van der Waals surface area contributed by atoms with Crippen LogP contribution >= 0.6 is 15.9 Å². The van der Waals surface area contributed by atoms with Gasteiger partial charge in [0.25, 0.3) is 0 Å². The van der Waals surface area contributed by atoms with Crippen molar-refractivity contribution < 1.29 is 9.90 Å². The maximum atomic E-state index is 11.2. The van der Waals surface area contributed by atoms with E-state index < -0.39 is 5.97 Å². The predicted molar refractivity (Wildman–Crippen MR) is 98.0 cm³/mol. The highest BCUT2D eigenvalue weighted by Gasteiger charge is 2.25. The fourth-order valence-electron chi connectivity index (χ4n) is 3.00. The zero-order valence-corrected chi connectivity index (χ0v) is 14.6. The van der Waals surface area contributed by atoms with Gasteiger partial charge in [-0.05, 0) is 65.5 Å². The lowest BCUT2D eigenvalue weighted by Crippen LogP contribution is -1.97. The normalized spacial score (nSPS) is 15.2. The Bertz CT molecular complexity index is 842. The van der Waals surface area contributed by atoms with Gasteiger partial charge >= 0.3 is 5.97 Å². The quantitative estimate of drug-likeness (QED) is 0.769. The zero-order valence-electron chi connectivity index (χ0n) is 13.1. The third-order valence-electron chi connectivity index (χ3n) is 4.16. The van der Waals surface area contributed by atoms with Crippen LogP contribution in [0.4, 0.5) is 0 Å². The molecule has 0 amide bonds. The Morgan fingerprint density at radius 3 is 2.43 bits per heavy atom. The van der Waals surface area contributed by atoms with Crippen LogP contribution in [0.1, 0.15) is 35.6 Å². The number of aryl methyl sites for hydroxylation is 1. The van der Waals surface area contributed by atoms with Gasteiger partial charge in [-0.1, -0.05) is 51.8 Å². The summed E-state index contributed by atoms with van der Waals surface area (Å²) >= 11 is 3.45. The second-order valence-corrected chi connectivity index (χ2v) is 6.75. The van der Waals surface area contributed by atoms with E-state index in [-0.39, 0.29) is 6.42 Å². The number of fused-ring (bicyclic) bond motifs is 1. The van der Waals surface area contributed by atoms with Gasteiger partial charge in [0.15, 0.2) is 0 Å². The zero-order chi connectivity index (χ0) is 16.6. The standard InChI is InChI=1S/C20H17BrO2/c1-12-3-8-16-17(10-14-4-6-15(21)7-5-14)13(2)18(11-20(22)23)19(16)9-12/h3-10H,11H2,1-2H3,(H,22,23)/b17-10-. The molecule has 2 aromatic carbocycles. The summed E-state index contributed by atoms with van der Waals surface area (Å²) in [4.78, 5) is 11.2. The minimum atomic E-state index is -0.795. The van der Waals surface area contributed by atoms with Gasteiger partial charge in [0.05, 0.1) is 6.42 Å². The lowest BCUT2D eigenvalue weighted by molar-refractivity contribution is -0.135. The molecule has 0 bridgehead atoms. The van der Waals surface area contributed by atoms with Gasteiger partial charge in [-0.2, -0.15) is 0 Å². The van der Waals surface area contributed by atoms with Crippen LogP contribution in [0.5, 0.6) is 0 Å². The molecular weight excluding hydrogens is 352 g/mol. The Morgan fingerprint density at radius 2 is 1.78 bits per heavy atom. The van der Waals surface area contributed by atoms with Crippen molar-refractivity contribution in [3.05, 3.63) is 74.8 Å². The molecule has 0 saturated carbocycles. The first-order valence-corrected chi connectivity index (χ1v) is 8.25. The van der Waals surface area contributed by atoms with Crippen molar-refractivity contribution in [1.29, 1.82) is 0 Å². The van der Waals surface area contributed by atoms with Crippen LogP contribution in [0, 0.1) is 6.92 Å². The first kappa shape index (κ1) is 15.8. The second-order valence-electron chi connectivity index (χ2n) is 5.83. The van der Waals surface area contributed by atoms with Crippen molar-refractivity contribution in [2.24, 2.45) is 0 Å². The van der Waals surface area contributed by atoms with E-state index in [2.05, 4.69) is 40.2 Å². The topological polar surface area (TPSA) is 37.3 Å². The molecule has 3 heteroatoms. The van der Waals surface area contributed by atoms with E-state index in [1.807, 2.05) is 38.1 Å². The number of carboxylic acids is 1. The number of hydrogen-bond donors (Lipinski definition) is 1. The molecule has 1 N–H and O–H groups in total. The van der Waals surface area contributed by atoms with Gasteiger partial charge in [-0.15, -0.1) is 0 Å². The fraction of sp³-hybridized carbons (Fsp3) is 0.150. The Kier molecular flexibility index (Phi) is 4.22. The Labute approximate surface area is 144 Å². The molecule has 0 spiro atoms. The average Bonchev–Trinajstić information content (AvgIpc) is 2.74. The molecule has 0 aliphatic heterocycles. The molecule has 2 nitrogen and oxygen atoms in total. The molecule has 0 aromatic heterocycles. The summed E-state index contributed by atoms with van der Waals surface area (Å²) in [7, 11) is 0. The van der Waals surface area contributed by atoms with Gasteiger partial charge in [-0.3, -0.25) is 4.79 Å². The summed E-state index contributed by atoms with van der Waals surface area (Å²) in [5.41, 5.74) is 7.49. The van der Waals surface area contributed by atoms with Crippen molar-refractivity contribution in [2.45, 2.75) is 20.3 Å². The van der Waals surface area contributed by atoms with E-state index in [1.54, 1.807) is 0 Å². The molecule has 0 unspecified atom stereocenters. The highest BCUT2D eigenvalue weighted by Crippen LogP contribution is 2.43. The molecule has 2 aromatic rings. The number of carbonyl (C=O) groups is 1. The van der Waals surface area contributed by atoms with Gasteiger partial charge in [0.1, 0.15) is 0 Å². The van der Waals surface area contributed by atoms with E-state index in [0.29, 0.717) is 0 Å². The molecule has 0 atom stereocenters.